The van der Waals surface area contributed by atoms with Crippen molar-refractivity contribution >= 4 is 11.9 Å². The van der Waals surface area contributed by atoms with Crippen molar-refractivity contribution in [1.82, 2.24) is 15.3 Å². The number of hydrogen-bond donors (Lipinski definition) is 2. The summed E-state index contributed by atoms with van der Waals surface area (Å²) in [4.78, 5) is 32.8. The number of nitrogens with one attached hydrogen (secondary N) is 1. The van der Waals surface area contributed by atoms with Crippen molar-refractivity contribution < 1.29 is 41.7 Å². The Kier molecular flexibility index (Phi) is 6.05. The number of fused-ring (bicyclic) bond motifs is 1. The Labute approximate surface area is 195 Å². The zero-order valence-electron chi connectivity index (χ0n) is 18.0. The van der Waals surface area contributed by atoms with E-state index in [0.717, 1.165) is 12.1 Å². The maximum Gasteiger partial charge on any atom is 0.573 e. The molecule has 182 valence electrons. The van der Waals surface area contributed by atoms with Crippen LogP contribution in [0.15, 0.2) is 48.7 Å². The van der Waals surface area contributed by atoms with E-state index in [0.29, 0.717) is 5.75 Å². The second-order valence-electron chi connectivity index (χ2n) is 7.64. The van der Waals surface area contributed by atoms with Gasteiger partial charge < -0.3 is 19.9 Å². The molecular weight excluding hydrogens is 474 g/mol. The van der Waals surface area contributed by atoms with E-state index in [-0.39, 0.29) is 41.2 Å². The molecule has 0 saturated carbocycles. The second kappa shape index (κ2) is 8.85. The third-order valence-corrected chi connectivity index (χ3v) is 5.44. The molecule has 2 aromatic heterocycles. The molecule has 1 atom stereocenters. The molecule has 35 heavy (non-hydrogen) atoms. The fraction of sp³-hybridized carbons (Fsp3) is 0.217. The maximum atomic E-state index is 14.7. The minimum atomic E-state index is -5.09. The number of carbonyl (C=O) groups excluding carboxylic acids is 1. The average molecular weight is 491 g/mol. The Morgan fingerprint density at radius 3 is 2.63 bits per heavy atom. The lowest BCUT2D eigenvalue weighted by Crippen LogP contribution is -2.50. The molecule has 1 aliphatic rings. The number of aromatic nitrogens is 2. The average Bonchev–Trinajstić information content (AvgIpc) is 2.79. The molecule has 0 radical (unpaired) electrons. The molecule has 4 rings (SSSR count). The highest BCUT2D eigenvalue weighted by Crippen LogP contribution is 2.42. The summed E-state index contributed by atoms with van der Waals surface area (Å²) < 4.78 is 61.8. The van der Waals surface area contributed by atoms with Gasteiger partial charge in [0, 0.05) is 12.6 Å². The van der Waals surface area contributed by atoms with Gasteiger partial charge in [-0.2, -0.15) is 0 Å². The van der Waals surface area contributed by atoms with Gasteiger partial charge in [-0.1, -0.05) is 6.07 Å². The van der Waals surface area contributed by atoms with Crippen LogP contribution in [-0.4, -0.2) is 39.9 Å². The molecule has 1 amide bonds. The lowest BCUT2D eigenvalue weighted by molar-refractivity contribution is -0.275. The van der Waals surface area contributed by atoms with Gasteiger partial charge in [0.2, 0.25) is 0 Å². The quantitative estimate of drug-likeness (QED) is 0.520. The number of halogens is 4. The smallest absolute Gasteiger partial charge is 0.491 e. The Morgan fingerprint density at radius 1 is 1.20 bits per heavy atom. The summed E-state index contributed by atoms with van der Waals surface area (Å²) in [5.41, 5.74) is -1.29. The summed E-state index contributed by atoms with van der Waals surface area (Å²) in [5.74, 6) is -3.98. The van der Waals surface area contributed by atoms with Gasteiger partial charge in [-0.05, 0) is 48.9 Å². The molecule has 3 aromatic rings. The lowest BCUT2D eigenvalue weighted by Gasteiger charge is -2.39. The molecule has 0 aliphatic carbocycles. The number of carbonyl (C=O) groups is 2. The van der Waals surface area contributed by atoms with E-state index in [9.17, 15) is 32.3 Å². The van der Waals surface area contributed by atoms with Gasteiger partial charge in [0.25, 0.3) is 5.91 Å². The van der Waals surface area contributed by atoms with Crippen LogP contribution in [0.1, 0.15) is 44.2 Å². The second-order valence-corrected chi connectivity index (χ2v) is 7.64. The van der Waals surface area contributed by atoms with Gasteiger partial charge in [0.15, 0.2) is 11.6 Å². The molecule has 12 heteroatoms. The van der Waals surface area contributed by atoms with Crippen molar-refractivity contribution in [1.29, 1.82) is 0 Å². The molecule has 1 aliphatic heterocycles. The Morgan fingerprint density at radius 2 is 1.97 bits per heavy atom. The van der Waals surface area contributed by atoms with E-state index in [4.69, 9.17) is 4.74 Å². The fourth-order valence-electron chi connectivity index (χ4n) is 3.88. The fourth-order valence-corrected chi connectivity index (χ4v) is 3.88. The molecule has 0 spiro atoms. The number of carboxylic acid groups (broad SMARTS) is 1. The van der Waals surface area contributed by atoms with Crippen LogP contribution in [-0.2, 0) is 5.54 Å². The highest BCUT2D eigenvalue weighted by Gasteiger charge is 2.43. The van der Waals surface area contributed by atoms with Crippen LogP contribution >= 0.6 is 0 Å². The molecule has 2 N–H and O–H groups in total. The lowest BCUT2D eigenvalue weighted by atomic mass is 9.81. The number of nitrogens with zero attached hydrogens (tertiary/aromatic N) is 2. The van der Waals surface area contributed by atoms with Gasteiger partial charge in [-0.15, -0.1) is 13.2 Å². The van der Waals surface area contributed by atoms with Crippen molar-refractivity contribution in [2.45, 2.75) is 25.2 Å². The number of alkyl halides is 3. The van der Waals surface area contributed by atoms with Gasteiger partial charge in [0.05, 0.1) is 17.9 Å². The largest absolute Gasteiger partial charge is 0.573 e. The SMILES string of the molecule is Cc1nc(C(=O)N[C@]2(c3ccc(OC(F)(F)F)c(F)c3)CCOc3cccnc32)ccc1C(=O)O. The highest BCUT2D eigenvalue weighted by molar-refractivity contribution is 5.95. The monoisotopic (exact) mass is 491 g/mol. The van der Waals surface area contributed by atoms with Crippen LogP contribution in [0.3, 0.4) is 0 Å². The summed E-state index contributed by atoms with van der Waals surface area (Å²) in [6, 6.07) is 8.47. The van der Waals surface area contributed by atoms with Crippen molar-refractivity contribution in [3.63, 3.8) is 0 Å². The first kappa shape index (κ1) is 23.9. The highest BCUT2D eigenvalue weighted by atomic mass is 19.4. The minimum absolute atomic E-state index is 0.0634. The molecule has 1 aromatic carbocycles. The third kappa shape index (κ3) is 4.72. The predicted octanol–water partition coefficient (Wildman–Crippen LogP) is 3.98. The van der Waals surface area contributed by atoms with E-state index in [1.54, 1.807) is 12.1 Å². The van der Waals surface area contributed by atoms with E-state index in [2.05, 4.69) is 20.0 Å². The zero-order chi connectivity index (χ0) is 25.4. The van der Waals surface area contributed by atoms with E-state index >= 15 is 0 Å². The first-order valence-electron chi connectivity index (χ1n) is 10.2. The molecule has 0 saturated heterocycles. The first-order chi connectivity index (χ1) is 16.5. The van der Waals surface area contributed by atoms with E-state index in [1.165, 1.54) is 31.3 Å². The molecular formula is C23H17F4N3O5. The molecule has 8 nitrogen and oxygen atoms in total. The topological polar surface area (TPSA) is 111 Å². The number of aryl methyl sites for hydroxylation is 1. The van der Waals surface area contributed by atoms with Crippen LogP contribution in [0.4, 0.5) is 17.6 Å². The number of aromatic carboxylic acids is 1. The first-order valence-corrected chi connectivity index (χ1v) is 10.2. The molecule has 0 unspecified atom stereocenters. The van der Waals surface area contributed by atoms with Crippen molar-refractivity contribution in [2.75, 3.05) is 6.61 Å². The van der Waals surface area contributed by atoms with Crippen molar-refractivity contribution in [3.05, 3.63) is 82.7 Å². The van der Waals surface area contributed by atoms with Gasteiger partial charge >= 0.3 is 12.3 Å². The number of rotatable bonds is 5. The third-order valence-electron chi connectivity index (χ3n) is 5.44. The summed E-state index contributed by atoms with van der Waals surface area (Å²) >= 11 is 0. The Bertz CT molecular complexity index is 1310. The minimum Gasteiger partial charge on any atom is -0.491 e. The van der Waals surface area contributed by atoms with Gasteiger partial charge in [-0.25, -0.2) is 14.2 Å². The van der Waals surface area contributed by atoms with Crippen LogP contribution in [0.25, 0.3) is 0 Å². The van der Waals surface area contributed by atoms with Crippen LogP contribution in [0, 0.1) is 12.7 Å². The van der Waals surface area contributed by atoms with Crippen LogP contribution in [0.5, 0.6) is 11.5 Å². The summed E-state index contributed by atoms with van der Waals surface area (Å²) in [7, 11) is 0. The standard InChI is InChI=1S/C23H17F4N3O5/c1-12-14(21(32)33)5-6-16(29-12)20(31)30-22(8-10-34-18-3-2-9-28-19(18)22)13-4-7-17(15(24)11-13)35-23(25,26)27/h2-7,9,11H,8,10H2,1H3,(H,30,31)(H,32,33)/t22-/m0/s1. The number of pyridine rings is 2. The number of hydrogen-bond acceptors (Lipinski definition) is 6. The molecule has 3 heterocycles. The van der Waals surface area contributed by atoms with Gasteiger partial charge in [-0.3, -0.25) is 9.78 Å². The predicted molar refractivity (Wildman–Crippen MR) is 112 cm³/mol. The summed E-state index contributed by atoms with van der Waals surface area (Å²) in [5, 5.41) is 12.0. The number of amides is 1. The summed E-state index contributed by atoms with van der Waals surface area (Å²) in [6.45, 7) is 1.50. The number of carboxylic acids is 1. The zero-order valence-corrected chi connectivity index (χ0v) is 18.0. The summed E-state index contributed by atoms with van der Waals surface area (Å²) in [6.07, 6.45) is -3.60. The van der Waals surface area contributed by atoms with Crippen molar-refractivity contribution in [2.24, 2.45) is 0 Å². The van der Waals surface area contributed by atoms with E-state index in [1.807, 2.05) is 0 Å². The Balaban J connectivity index is 1.79. The van der Waals surface area contributed by atoms with Gasteiger partial charge in [0.1, 0.15) is 22.7 Å². The molecule has 0 fully saturated rings. The van der Waals surface area contributed by atoms with Crippen LogP contribution < -0.4 is 14.8 Å². The van der Waals surface area contributed by atoms with Crippen LogP contribution in [0.2, 0.25) is 0 Å². The molecule has 0 bridgehead atoms. The Hall–Kier alpha value is -4.22. The number of benzene rings is 1. The normalized spacial score (nSPS) is 17.2. The number of ether oxygens (including phenoxy) is 2. The maximum absolute atomic E-state index is 14.7. The van der Waals surface area contributed by atoms with Crippen molar-refractivity contribution in [3.8, 4) is 11.5 Å². The van der Waals surface area contributed by atoms with E-state index < -0.39 is 35.3 Å².